The predicted octanol–water partition coefficient (Wildman–Crippen LogP) is 3.99. The number of hydrogen-bond acceptors (Lipinski definition) is 5. The van der Waals surface area contributed by atoms with E-state index in [-0.39, 0.29) is 28.6 Å². The molecule has 0 saturated carbocycles. The summed E-state index contributed by atoms with van der Waals surface area (Å²) in [6.45, 7) is 7.18. The van der Waals surface area contributed by atoms with Gasteiger partial charge in [-0.05, 0) is 35.8 Å². The van der Waals surface area contributed by atoms with Crippen LogP contribution in [0.1, 0.15) is 29.4 Å². The van der Waals surface area contributed by atoms with E-state index in [0.29, 0.717) is 23.5 Å². The molecule has 3 heterocycles. The van der Waals surface area contributed by atoms with Crippen LogP contribution in [0.4, 0.5) is 20.2 Å². The van der Waals surface area contributed by atoms with Crippen LogP contribution in [-0.2, 0) is 0 Å². The van der Waals surface area contributed by atoms with E-state index in [9.17, 15) is 13.6 Å². The Morgan fingerprint density at radius 1 is 1.26 bits per heavy atom. The number of anilines is 2. The minimum absolute atomic E-state index is 0.0316. The maximum Gasteiger partial charge on any atom is 0.274 e. The molecule has 1 fully saturated rings. The van der Waals surface area contributed by atoms with Crippen molar-refractivity contribution in [3.63, 3.8) is 0 Å². The second kappa shape index (κ2) is 9.95. The maximum atomic E-state index is 15.0. The van der Waals surface area contributed by atoms with E-state index in [1.54, 1.807) is 24.5 Å². The van der Waals surface area contributed by atoms with Crippen LogP contribution in [0.15, 0.2) is 49.3 Å². The Morgan fingerprint density at radius 2 is 2.06 bits per heavy atom. The van der Waals surface area contributed by atoms with E-state index in [4.69, 9.17) is 5.73 Å². The molecule has 176 valence electrons. The van der Waals surface area contributed by atoms with Gasteiger partial charge < -0.3 is 16.0 Å². The zero-order chi connectivity index (χ0) is 24.4. The van der Waals surface area contributed by atoms with E-state index in [2.05, 4.69) is 42.9 Å². The number of benzene rings is 1. The smallest absolute Gasteiger partial charge is 0.274 e. The number of carbonyl (C=O) groups excluding carboxylic acids is 1. The number of rotatable bonds is 5. The zero-order valence-electron chi connectivity index (χ0n) is 18.8. The third-order valence-electron chi connectivity index (χ3n) is 5.82. The van der Waals surface area contributed by atoms with Crippen molar-refractivity contribution in [1.29, 1.82) is 0 Å². The fraction of sp³-hybridized carbons (Fsp3) is 0.240. The molecule has 3 unspecified atom stereocenters. The Kier molecular flexibility index (Phi) is 7.00. The van der Waals surface area contributed by atoms with Gasteiger partial charge in [-0.25, -0.2) is 13.8 Å². The van der Waals surface area contributed by atoms with Crippen molar-refractivity contribution in [3.05, 3.63) is 72.2 Å². The van der Waals surface area contributed by atoms with E-state index in [1.165, 1.54) is 12.1 Å². The molecule has 1 aromatic carbocycles. The molecule has 4 rings (SSSR count). The molecule has 6 nitrogen and oxygen atoms in total. The van der Waals surface area contributed by atoms with Gasteiger partial charge >= 0.3 is 0 Å². The highest BCUT2D eigenvalue weighted by Gasteiger charge is 2.25. The van der Waals surface area contributed by atoms with Gasteiger partial charge in [-0.2, -0.15) is 0 Å². The molecule has 0 spiro atoms. The van der Waals surface area contributed by atoms with Crippen LogP contribution in [0.2, 0.25) is 0 Å². The number of carbonyl (C=O) groups is 1. The van der Waals surface area contributed by atoms with Crippen LogP contribution in [0, 0.1) is 17.6 Å². The zero-order valence-corrected chi connectivity index (χ0v) is 19.9. The molecule has 1 saturated heterocycles. The molecule has 1 amide bonds. The minimum Gasteiger partial charge on any atom is -0.368 e. The largest absolute Gasteiger partial charge is 0.368 e. The Bertz CT molecular complexity index is 1240. The van der Waals surface area contributed by atoms with Crippen LogP contribution < -0.4 is 21.3 Å². The molecule has 3 N–H and O–H groups in total. The molecular weight excluding hydrogens is 455 g/mol. The molecule has 0 bridgehead atoms. The van der Waals surface area contributed by atoms with Crippen LogP contribution in [0.25, 0.3) is 17.3 Å². The first-order valence-corrected chi connectivity index (χ1v) is 11.5. The van der Waals surface area contributed by atoms with Crippen molar-refractivity contribution in [1.82, 2.24) is 9.97 Å². The normalized spacial score (nSPS) is 18.0. The SMILES string of the molecule is C=Cc1ccc(P)c(-c2nc(C(=O)Nc3cnccc3N3CC(C)CC(N)C3)ccc2F)c1F. The first-order chi connectivity index (χ1) is 16.3. The molecule has 9 heteroatoms. The number of pyridine rings is 2. The lowest BCUT2D eigenvalue weighted by atomic mass is 9.96. The third-order valence-corrected chi connectivity index (χ3v) is 6.30. The van der Waals surface area contributed by atoms with Gasteiger partial charge in [-0.1, -0.05) is 31.7 Å². The van der Waals surface area contributed by atoms with E-state index < -0.39 is 17.5 Å². The van der Waals surface area contributed by atoms with Crippen molar-refractivity contribution in [2.75, 3.05) is 23.3 Å². The Labute approximate surface area is 199 Å². The summed E-state index contributed by atoms with van der Waals surface area (Å²) in [5.74, 6) is -1.55. The molecule has 0 aliphatic carbocycles. The van der Waals surface area contributed by atoms with Crippen LogP contribution in [-0.4, -0.2) is 35.0 Å². The summed E-state index contributed by atoms with van der Waals surface area (Å²) in [4.78, 5) is 23.5. The van der Waals surface area contributed by atoms with Gasteiger partial charge in [0.05, 0.1) is 17.6 Å². The summed E-state index contributed by atoms with van der Waals surface area (Å²) >= 11 is 0. The second-order valence-corrected chi connectivity index (χ2v) is 9.14. The van der Waals surface area contributed by atoms with Crippen molar-refractivity contribution in [2.45, 2.75) is 19.4 Å². The summed E-state index contributed by atoms with van der Waals surface area (Å²) in [7, 11) is 2.37. The van der Waals surface area contributed by atoms with Gasteiger partial charge in [0, 0.05) is 36.5 Å². The summed E-state index contributed by atoms with van der Waals surface area (Å²) < 4.78 is 29.7. The van der Waals surface area contributed by atoms with Gasteiger partial charge in [0.2, 0.25) is 0 Å². The molecule has 2 aromatic heterocycles. The number of hydrogen-bond donors (Lipinski definition) is 2. The number of amides is 1. The summed E-state index contributed by atoms with van der Waals surface area (Å²) in [5.41, 5.74) is 7.37. The average Bonchev–Trinajstić information content (AvgIpc) is 2.80. The quantitative estimate of drug-likeness (QED) is 0.539. The standard InChI is InChI=1S/C25H26F2N5OP/c1-3-15-4-7-21(34)22(23(15)27)24-17(26)5-6-18(30-24)25(33)31-19-11-29-9-8-20(19)32-12-14(2)10-16(28)13-32/h3-9,11,14,16H,1,10,12-13,28,34H2,2H3,(H,31,33). The van der Waals surface area contributed by atoms with Crippen LogP contribution in [0.5, 0.6) is 0 Å². The lowest BCUT2D eigenvalue weighted by Gasteiger charge is -2.37. The molecule has 1 aliphatic rings. The number of nitrogens with two attached hydrogens (primary N) is 1. The lowest BCUT2D eigenvalue weighted by molar-refractivity contribution is 0.102. The Hall–Kier alpha value is -3.22. The first kappa shape index (κ1) is 23.9. The highest BCUT2D eigenvalue weighted by atomic mass is 31.0. The first-order valence-electron chi connectivity index (χ1n) is 10.9. The summed E-state index contributed by atoms with van der Waals surface area (Å²) in [5, 5.41) is 3.23. The van der Waals surface area contributed by atoms with Gasteiger partial charge in [-0.15, -0.1) is 9.24 Å². The number of nitrogens with one attached hydrogen (secondary N) is 1. The monoisotopic (exact) mass is 481 g/mol. The number of aromatic nitrogens is 2. The molecule has 1 aliphatic heterocycles. The molecule has 3 aromatic rings. The van der Waals surface area contributed by atoms with Crippen molar-refractivity contribution < 1.29 is 13.6 Å². The third kappa shape index (κ3) is 4.83. The van der Waals surface area contributed by atoms with Gasteiger partial charge in [0.1, 0.15) is 23.0 Å². The highest BCUT2D eigenvalue weighted by Crippen LogP contribution is 2.30. The van der Waals surface area contributed by atoms with E-state index >= 15 is 0 Å². The van der Waals surface area contributed by atoms with Gasteiger partial charge in [0.15, 0.2) is 0 Å². The van der Waals surface area contributed by atoms with Gasteiger partial charge in [-0.3, -0.25) is 9.78 Å². The van der Waals surface area contributed by atoms with Crippen molar-refractivity contribution >= 4 is 37.9 Å². The number of piperidine rings is 1. The minimum atomic E-state index is -0.737. The lowest BCUT2D eigenvalue weighted by Crippen LogP contribution is -2.46. The molecule has 0 radical (unpaired) electrons. The highest BCUT2D eigenvalue weighted by molar-refractivity contribution is 7.28. The van der Waals surface area contributed by atoms with E-state index in [1.807, 2.05) is 6.07 Å². The van der Waals surface area contributed by atoms with Crippen molar-refractivity contribution in [2.24, 2.45) is 11.7 Å². The number of halogens is 2. The summed E-state index contributed by atoms with van der Waals surface area (Å²) in [6.07, 6.45) is 5.48. The summed E-state index contributed by atoms with van der Waals surface area (Å²) in [6, 6.07) is 7.39. The van der Waals surface area contributed by atoms with E-state index in [0.717, 1.165) is 24.7 Å². The van der Waals surface area contributed by atoms with Crippen LogP contribution in [0.3, 0.4) is 0 Å². The van der Waals surface area contributed by atoms with Gasteiger partial charge in [0.25, 0.3) is 5.91 Å². The molecular formula is C25H26F2N5OP. The Morgan fingerprint density at radius 3 is 2.79 bits per heavy atom. The fourth-order valence-corrected chi connectivity index (χ4v) is 4.65. The predicted molar refractivity (Wildman–Crippen MR) is 135 cm³/mol. The number of nitrogens with zero attached hydrogens (tertiary/aromatic N) is 3. The maximum absolute atomic E-state index is 15.0. The van der Waals surface area contributed by atoms with Crippen molar-refractivity contribution in [3.8, 4) is 11.3 Å². The Balaban J connectivity index is 1.66. The topological polar surface area (TPSA) is 84.1 Å². The molecule has 34 heavy (non-hydrogen) atoms. The average molecular weight is 481 g/mol. The fourth-order valence-electron chi connectivity index (χ4n) is 4.29. The second-order valence-electron chi connectivity index (χ2n) is 8.52. The van der Waals surface area contributed by atoms with Crippen LogP contribution >= 0.6 is 9.24 Å². The molecule has 3 atom stereocenters.